The lowest BCUT2D eigenvalue weighted by molar-refractivity contribution is -0.123. The first-order valence-electron chi connectivity index (χ1n) is 7.49. The zero-order valence-corrected chi connectivity index (χ0v) is 13.6. The summed E-state index contributed by atoms with van der Waals surface area (Å²) in [6.07, 6.45) is 0.552. The minimum atomic E-state index is -0.488. The standard InChI is InChI=1S/C17H21FN4O/c1-17(2,3)16(23)20-15-9-8-14(21-22-15)19-11-10-12-6-4-5-7-13(12)18/h4-9H,10-11H2,1-3H3,(H,19,21)(H,20,22,23). The molecule has 6 heteroatoms. The van der Waals surface area contributed by atoms with Crippen molar-refractivity contribution in [2.24, 2.45) is 5.41 Å². The van der Waals surface area contributed by atoms with Gasteiger partial charge < -0.3 is 10.6 Å². The maximum Gasteiger partial charge on any atom is 0.230 e. The van der Waals surface area contributed by atoms with E-state index >= 15 is 0 Å². The van der Waals surface area contributed by atoms with Crippen molar-refractivity contribution >= 4 is 17.5 Å². The van der Waals surface area contributed by atoms with Gasteiger partial charge in [0.2, 0.25) is 5.91 Å². The Morgan fingerprint density at radius 2 is 1.74 bits per heavy atom. The monoisotopic (exact) mass is 316 g/mol. The van der Waals surface area contributed by atoms with E-state index in [1.54, 1.807) is 24.3 Å². The molecule has 0 saturated heterocycles. The highest BCUT2D eigenvalue weighted by atomic mass is 19.1. The third-order valence-electron chi connectivity index (χ3n) is 3.25. The number of amides is 1. The van der Waals surface area contributed by atoms with Gasteiger partial charge in [-0.1, -0.05) is 39.0 Å². The van der Waals surface area contributed by atoms with Gasteiger partial charge in [-0.05, 0) is 30.2 Å². The molecule has 1 amide bonds. The number of benzene rings is 1. The van der Waals surface area contributed by atoms with E-state index in [-0.39, 0.29) is 11.7 Å². The van der Waals surface area contributed by atoms with Crippen molar-refractivity contribution in [1.29, 1.82) is 0 Å². The summed E-state index contributed by atoms with van der Waals surface area (Å²) in [5.41, 5.74) is 0.167. The van der Waals surface area contributed by atoms with Gasteiger partial charge in [-0.2, -0.15) is 0 Å². The van der Waals surface area contributed by atoms with Gasteiger partial charge in [0.15, 0.2) is 5.82 Å². The van der Waals surface area contributed by atoms with Crippen molar-refractivity contribution in [3.8, 4) is 0 Å². The summed E-state index contributed by atoms with van der Waals surface area (Å²) >= 11 is 0. The molecule has 0 aliphatic carbocycles. The topological polar surface area (TPSA) is 66.9 Å². The minimum Gasteiger partial charge on any atom is -0.368 e. The summed E-state index contributed by atoms with van der Waals surface area (Å²) in [6, 6.07) is 10.1. The quantitative estimate of drug-likeness (QED) is 0.888. The van der Waals surface area contributed by atoms with Gasteiger partial charge in [0.1, 0.15) is 11.6 Å². The van der Waals surface area contributed by atoms with Crippen LogP contribution in [0.25, 0.3) is 0 Å². The van der Waals surface area contributed by atoms with Crippen LogP contribution in [0, 0.1) is 11.2 Å². The number of rotatable bonds is 5. The molecule has 1 aromatic heterocycles. The van der Waals surface area contributed by atoms with Crippen LogP contribution in [0.4, 0.5) is 16.0 Å². The van der Waals surface area contributed by atoms with E-state index in [9.17, 15) is 9.18 Å². The van der Waals surface area contributed by atoms with Crippen molar-refractivity contribution in [1.82, 2.24) is 10.2 Å². The van der Waals surface area contributed by atoms with Crippen LogP contribution in [-0.4, -0.2) is 22.6 Å². The summed E-state index contributed by atoms with van der Waals surface area (Å²) < 4.78 is 13.5. The molecule has 23 heavy (non-hydrogen) atoms. The lowest BCUT2D eigenvalue weighted by Crippen LogP contribution is -2.28. The summed E-state index contributed by atoms with van der Waals surface area (Å²) in [7, 11) is 0. The number of carbonyl (C=O) groups is 1. The lowest BCUT2D eigenvalue weighted by Gasteiger charge is -2.16. The van der Waals surface area contributed by atoms with Crippen molar-refractivity contribution in [3.63, 3.8) is 0 Å². The maximum absolute atomic E-state index is 13.5. The molecular weight excluding hydrogens is 295 g/mol. The van der Waals surface area contributed by atoms with Crippen LogP contribution in [-0.2, 0) is 11.2 Å². The van der Waals surface area contributed by atoms with E-state index < -0.39 is 5.41 Å². The van der Waals surface area contributed by atoms with Gasteiger partial charge in [0.05, 0.1) is 0 Å². The number of hydrogen-bond donors (Lipinski definition) is 2. The van der Waals surface area contributed by atoms with Gasteiger partial charge in [-0.25, -0.2) is 4.39 Å². The Bertz CT molecular complexity index is 665. The smallest absolute Gasteiger partial charge is 0.230 e. The predicted molar refractivity (Wildman–Crippen MR) is 88.7 cm³/mol. The van der Waals surface area contributed by atoms with Crippen molar-refractivity contribution in [2.45, 2.75) is 27.2 Å². The fraction of sp³-hybridized carbons (Fsp3) is 0.353. The Hall–Kier alpha value is -2.50. The molecular formula is C17H21FN4O. The molecule has 0 saturated carbocycles. The van der Waals surface area contributed by atoms with Crippen molar-refractivity contribution in [3.05, 3.63) is 47.8 Å². The van der Waals surface area contributed by atoms with Gasteiger partial charge in [-0.3, -0.25) is 4.79 Å². The highest BCUT2D eigenvalue weighted by Gasteiger charge is 2.21. The Morgan fingerprint density at radius 1 is 1.09 bits per heavy atom. The SMILES string of the molecule is CC(C)(C)C(=O)Nc1ccc(NCCc2ccccc2F)nn1. The minimum absolute atomic E-state index is 0.118. The number of nitrogens with one attached hydrogen (secondary N) is 2. The van der Waals surface area contributed by atoms with Crippen LogP contribution in [0.1, 0.15) is 26.3 Å². The summed E-state index contributed by atoms with van der Waals surface area (Å²) in [5, 5.41) is 13.7. The largest absolute Gasteiger partial charge is 0.368 e. The summed E-state index contributed by atoms with van der Waals surface area (Å²) in [6.45, 7) is 6.03. The van der Waals surface area contributed by atoms with Crippen LogP contribution < -0.4 is 10.6 Å². The fourth-order valence-electron chi connectivity index (χ4n) is 1.82. The van der Waals surface area contributed by atoms with Crippen LogP contribution in [0.3, 0.4) is 0 Å². The molecule has 0 aliphatic rings. The second-order valence-corrected chi connectivity index (χ2v) is 6.28. The molecule has 5 nitrogen and oxygen atoms in total. The van der Waals surface area contributed by atoms with Gasteiger partial charge in [0.25, 0.3) is 0 Å². The number of carbonyl (C=O) groups excluding carboxylic acids is 1. The first kappa shape index (κ1) is 16.9. The van der Waals surface area contributed by atoms with E-state index in [1.807, 2.05) is 26.8 Å². The van der Waals surface area contributed by atoms with E-state index in [4.69, 9.17) is 0 Å². The predicted octanol–water partition coefficient (Wildman–Crippen LogP) is 3.25. The average molecular weight is 316 g/mol. The number of aromatic nitrogens is 2. The molecule has 0 fully saturated rings. The second kappa shape index (κ2) is 7.17. The Kier molecular flexibility index (Phi) is 5.26. The zero-order chi connectivity index (χ0) is 16.9. The van der Waals surface area contributed by atoms with Crippen molar-refractivity contribution in [2.75, 3.05) is 17.2 Å². The molecule has 122 valence electrons. The van der Waals surface area contributed by atoms with Crippen LogP contribution >= 0.6 is 0 Å². The van der Waals surface area contributed by atoms with E-state index in [0.717, 1.165) is 0 Å². The summed E-state index contributed by atoms with van der Waals surface area (Å²) in [5.74, 6) is 0.660. The number of hydrogen-bond acceptors (Lipinski definition) is 4. The Labute approximate surface area is 135 Å². The van der Waals surface area contributed by atoms with Gasteiger partial charge in [0, 0.05) is 12.0 Å². The lowest BCUT2D eigenvalue weighted by atomic mass is 9.96. The zero-order valence-electron chi connectivity index (χ0n) is 13.6. The van der Waals surface area contributed by atoms with Crippen LogP contribution in [0.5, 0.6) is 0 Å². The first-order valence-corrected chi connectivity index (χ1v) is 7.49. The molecule has 0 spiro atoms. The third-order valence-corrected chi connectivity index (χ3v) is 3.25. The Balaban J connectivity index is 1.86. The third kappa shape index (κ3) is 5.02. The van der Waals surface area contributed by atoms with E-state index in [0.29, 0.717) is 30.2 Å². The normalized spacial score (nSPS) is 11.1. The molecule has 2 aromatic rings. The highest BCUT2D eigenvalue weighted by molar-refractivity contribution is 5.93. The van der Waals surface area contributed by atoms with E-state index in [2.05, 4.69) is 20.8 Å². The van der Waals surface area contributed by atoms with Crippen molar-refractivity contribution < 1.29 is 9.18 Å². The molecule has 0 aliphatic heterocycles. The Morgan fingerprint density at radius 3 is 2.35 bits per heavy atom. The first-order chi connectivity index (χ1) is 10.9. The summed E-state index contributed by atoms with van der Waals surface area (Å²) in [4.78, 5) is 11.8. The molecule has 0 radical (unpaired) electrons. The number of nitrogens with zero attached hydrogens (tertiary/aromatic N) is 2. The molecule has 2 N–H and O–H groups in total. The molecule has 2 rings (SSSR count). The van der Waals surface area contributed by atoms with Gasteiger partial charge in [-0.15, -0.1) is 10.2 Å². The molecule has 0 bridgehead atoms. The number of anilines is 2. The number of halogens is 1. The van der Waals surface area contributed by atoms with Gasteiger partial charge >= 0.3 is 0 Å². The maximum atomic E-state index is 13.5. The van der Waals surface area contributed by atoms with Crippen LogP contribution in [0.2, 0.25) is 0 Å². The second-order valence-electron chi connectivity index (χ2n) is 6.28. The molecule has 0 unspecified atom stereocenters. The average Bonchev–Trinajstić information content (AvgIpc) is 2.50. The van der Waals surface area contributed by atoms with Crippen LogP contribution in [0.15, 0.2) is 36.4 Å². The molecule has 1 heterocycles. The molecule has 0 atom stereocenters. The molecule has 1 aromatic carbocycles. The van der Waals surface area contributed by atoms with E-state index in [1.165, 1.54) is 6.07 Å². The highest BCUT2D eigenvalue weighted by Crippen LogP contribution is 2.16. The fourth-order valence-corrected chi connectivity index (χ4v) is 1.82.